The van der Waals surface area contributed by atoms with Gasteiger partial charge in [-0.3, -0.25) is 0 Å². The molecule has 1 rings (SSSR count). The van der Waals surface area contributed by atoms with Gasteiger partial charge in [0.25, 0.3) is 0 Å². The van der Waals surface area contributed by atoms with Crippen LogP contribution in [0, 0.1) is 0 Å². The summed E-state index contributed by atoms with van der Waals surface area (Å²) < 4.78 is 0. The largest absolute Gasteiger partial charge is 0.333 e. The van der Waals surface area contributed by atoms with Gasteiger partial charge in [0.15, 0.2) is 8.96 Å². The van der Waals surface area contributed by atoms with Gasteiger partial charge in [0.05, 0.1) is 0 Å². The minimum Gasteiger partial charge on any atom is -0.333 e. The Morgan fingerprint density at radius 2 is 2.08 bits per heavy atom. The van der Waals surface area contributed by atoms with Gasteiger partial charge in [-0.1, -0.05) is 43.0 Å². The van der Waals surface area contributed by atoms with Crippen molar-refractivity contribution in [3.05, 3.63) is 42.6 Å². The van der Waals surface area contributed by atoms with Crippen LogP contribution in [-0.2, 0) is 0 Å². The first-order valence-corrected chi connectivity index (χ1v) is 6.11. The molecule has 1 aromatic rings. The molecule has 0 saturated carbocycles. The summed E-state index contributed by atoms with van der Waals surface area (Å²) in [6.45, 7) is 7.01. The van der Waals surface area contributed by atoms with E-state index in [1.807, 2.05) is 6.07 Å². The van der Waals surface area contributed by atoms with Gasteiger partial charge < -0.3 is 4.98 Å². The van der Waals surface area contributed by atoms with Crippen LogP contribution in [0.5, 0.6) is 0 Å². The summed E-state index contributed by atoms with van der Waals surface area (Å²) in [4.78, 5) is 3.47. The third-order valence-electron chi connectivity index (χ3n) is 1.82. The molecule has 0 radical (unpaired) electrons. The Balaban J connectivity index is 2.73. The van der Waals surface area contributed by atoms with Crippen molar-refractivity contribution < 1.29 is 0 Å². The molecule has 64 valence electrons. The number of hydrogen-bond acceptors (Lipinski definition) is 1. The van der Waals surface area contributed by atoms with Gasteiger partial charge in [-0.05, 0) is 11.7 Å². The highest BCUT2D eigenvalue weighted by atomic mass is 28.3. The quantitative estimate of drug-likeness (QED) is 0.675. The first kappa shape index (κ1) is 9.23. The van der Waals surface area contributed by atoms with Crippen molar-refractivity contribution in [2.45, 2.75) is 6.92 Å². The van der Waals surface area contributed by atoms with Crippen LogP contribution in [-0.4, -0.2) is 15.5 Å². The van der Waals surface area contributed by atoms with Gasteiger partial charge in [-0.15, -0.1) is 6.58 Å². The zero-order chi connectivity index (χ0) is 8.81. The Bertz CT molecular complexity index is 233. The summed E-state index contributed by atoms with van der Waals surface area (Å²) in [5.74, 6) is 0. The number of benzene rings is 1. The zero-order valence-electron chi connectivity index (χ0n) is 7.46. The molecule has 1 nitrogen and oxygen atoms in total. The highest BCUT2D eigenvalue weighted by Gasteiger charge is 2.05. The van der Waals surface area contributed by atoms with Gasteiger partial charge in [0, 0.05) is 0 Å². The van der Waals surface area contributed by atoms with Gasteiger partial charge in [-0.25, -0.2) is 0 Å². The van der Waals surface area contributed by atoms with Crippen molar-refractivity contribution >= 4 is 14.1 Å². The molecule has 0 bridgehead atoms. The third kappa shape index (κ3) is 2.32. The normalized spacial score (nSPS) is 12.4. The van der Waals surface area contributed by atoms with E-state index in [1.54, 1.807) is 0 Å². The predicted molar refractivity (Wildman–Crippen MR) is 57.1 cm³/mol. The average molecular weight is 177 g/mol. The van der Waals surface area contributed by atoms with E-state index in [2.05, 4.69) is 48.4 Å². The first-order valence-electron chi connectivity index (χ1n) is 4.29. The van der Waals surface area contributed by atoms with Crippen LogP contribution in [0.15, 0.2) is 42.6 Å². The molecular weight excluding hydrogens is 162 g/mol. The Hall–Kier alpha value is -0.863. The molecule has 0 fully saturated rings. The van der Waals surface area contributed by atoms with Gasteiger partial charge >= 0.3 is 0 Å². The van der Waals surface area contributed by atoms with E-state index >= 15 is 0 Å². The van der Waals surface area contributed by atoms with E-state index in [9.17, 15) is 0 Å². The molecule has 0 spiro atoms. The van der Waals surface area contributed by atoms with Gasteiger partial charge in [0.2, 0.25) is 0 Å². The second-order valence-corrected chi connectivity index (χ2v) is 5.18. The Morgan fingerprint density at radius 1 is 1.42 bits per heavy atom. The van der Waals surface area contributed by atoms with Gasteiger partial charge in [0.1, 0.15) is 0 Å². The molecule has 0 aliphatic rings. The molecule has 2 heteroatoms. The monoisotopic (exact) mass is 177 g/mol. The van der Waals surface area contributed by atoms with E-state index in [0.717, 1.165) is 6.54 Å². The summed E-state index contributed by atoms with van der Waals surface area (Å²) in [5, 5.41) is 1.41. The molecule has 1 aromatic carbocycles. The maximum absolute atomic E-state index is 3.86. The lowest BCUT2D eigenvalue weighted by molar-refractivity contribution is 0.999. The van der Waals surface area contributed by atoms with Crippen molar-refractivity contribution in [2.24, 2.45) is 0 Å². The van der Waals surface area contributed by atoms with Crippen LogP contribution in [0.25, 0.3) is 0 Å². The van der Waals surface area contributed by atoms with Crippen molar-refractivity contribution in [3.63, 3.8) is 0 Å². The molecule has 12 heavy (non-hydrogen) atoms. The third-order valence-corrected chi connectivity index (χ3v) is 4.24. The molecule has 1 atom stereocenters. The molecule has 0 heterocycles. The number of rotatable bonds is 4. The lowest BCUT2D eigenvalue weighted by Gasteiger charge is -2.10. The summed E-state index contributed by atoms with van der Waals surface area (Å²) in [7, 11) is -1.06. The molecule has 0 aliphatic carbocycles. The van der Waals surface area contributed by atoms with Gasteiger partial charge in [-0.2, -0.15) is 0 Å². The Labute approximate surface area is 75.8 Å². The maximum Gasteiger partial charge on any atom is 0.165 e. The van der Waals surface area contributed by atoms with Crippen LogP contribution in [0.3, 0.4) is 0 Å². The van der Waals surface area contributed by atoms with Crippen LogP contribution in [0.4, 0.5) is 0 Å². The lowest BCUT2D eigenvalue weighted by atomic mass is 10.4. The fraction of sp³-hybridized carbons (Fsp3) is 0.200. The van der Waals surface area contributed by atoms with Crippen LogP contribution in [0.1, 0.15) is 6.92 Å². The Kier molecular flexibility index (Phi) is 3.77. The van der Waals surface area contributed by atoms with Crippen LogP contribution < -0.4 is 10.2 Å². The minimum atomic E-state index is -1.06. The molecule has 0 aromatic heterocycles. The molecule has 0 saturated heterocycles. The van der Waals surface area contributed by atoms with Crippen molar-refractivity contribution in [3.8, 4) is 0 Å². The highest BCUT2D eigenvalue weighted by molar-refractivity contribution is 6.75. The first-order chi connectivity index (χ1) is 5.88. The van der Waals surface area contributed by atoms with Crippen LogP contribution >= 0.6 is 0 Å². The fourth-order valence-electron chi connectivity index (χ4n) is 1.22. The topological polar surface area (TPSA) is 12.0 Å². The lowest BCUT2D eigenvalue weighted by Crippen LogP contribution is -2.43. The summed E-state index contributed by atoms with van der Waals surface area (Å²) in [6.07, 6.45) is 0. The summed E-state index contributed by atoms with van der Waals surface area (Å²) in [5.41, 5.74) is 2.07. The fourth-order valence-corrected chi connectivity index (χ4v) is 2.97. The molecule has 1 unspecified atom stereocenters. The second kappa shape index (κ2) is 4.90. The zero-order valence-corrected chi connectivity index (χ0v) is 8.61. The number of hydrogen-bond donors (Lipinski definition) is 1. The second-order valence-electron chi connectivity index (χ2n) is 2.68. The Morgan fingerprint density at radius 3 is 2.58 bits per heavy atom. The molecule has 1 N–H and O–H groups in total. The molecular formula is C10H15NSi. The number of nitrogens with one attached hydrogen (secondary N) is 1. The van der Waals surface area contributed by atoms with Crippen molar-refractivity contribution in [2.75, 3.05) is 6.54 Å². The SMILES string of the molecule is C=C[SiH](NCC)c1ccccc1. The highest BCUT2D eigenvalue weighted by Crippen LogP contribution is 1.86. The standard InChI is InChI=1S/C10H15NSi/c1-3-11-12(4-2)10-8-6-5-7-9-10/h4-9,11-12H,2-3H2,1H3. The minimum absolute atomic E-state index is 1.03. The average Bonchev–Trinajstić information content (AvgIpc) is 2.15. The maximum atomic E-state index is 3.86. The van der Waals surface area contributed by atoms with E-state index < -0.39 is 8.96 Å². The molecule has 0 aliphatic heterocycles. The predicted octanol–water partition coefficient (Wildman–Crippen LogP) is 0.952. The van der Waals surface area contributed by atoms with E-state index in [1.165, 1.54) is 5.19 Å². The van der Waals surface area contributed by atoms with Crippen LogP contribution in [0.2, 0.25) is 0 Å². The van der Waals surface area contributed by atoms with E-state index in [0.29, 0.717) is 0 Å². The van der Waals surface area contributed by atoms with E-state index in [-0.39, 0.29) is 0 Å². The van der Waals surface area contributed by atoms with Crippen molar-refractivity contribution in [1.29, 1.82) is 0 Å². The molecule has 0 amide bonds. The van der Waals surface area contributed by atoms with Crippen molar-refractivity contribution in [1.82, 2.24) is 4.98 Å². The smallest absolute Gasteiger partial charge is 0.165 e. The summed E-state index contributed by atoms with van der Waals surface area (Å²) in [6, 6.07) is 10.5. The van der Waals surface area contributed by atoms with E-state index in [4.69, 9.17) is 0 Å². The summed E-state index contributed by atoms with van der Waals surface area (Å²) >= 11 is 0.